The molecular weight excluding hydrogens is 337 g/mol. The number of fused-ring (bicyclic) bond motifs is 1. The SMILES string of the molecule is Cc1nn(C)c(CN2C(=O)CCc3cc(F)ccc32)c1Br. The molecule has 1 aliphatic heterocycles. The van der Waals surface area contributed by atoms with Crippen LogP contribution in [0.15, 0.2) is 22.7 Å². The molecule has 6 heteroatoms. The van der Waals surface area contributed by atoms with Gasteiger partial charge in [-0.15, -0.1) is 0 Å². The summed E-state index contributed by atoms with van der Waals surface area (Å²) in [6, 6.07) is 4.59. The van der Waals surface area contributed by atoms with Crippen molar-refractivity contribution < 1.29 is 9.18 Å². The van der Waals surface area contributed by atoms with Gasteiger partial charge >= 0.3 is 0 Å². The Kier molecular flexibility index (Phi) is 3.57. The molecule has 2 aromatic rings. The molecule has 1 aliphatic rings. The van der Waals surface area contributed by atoms with Gasteiger partial charge in [0.2, 0.25) is 5.91 Å². The maximum atomic E-state index is 13.4. The number of aryl methyl sites for hydroxylation is 3. The molecule has 3 rings (SSSR count). The molecule has 1 aromatic heterocycles. The summed E-state index contributed by atoms with van der Waals surface area (Å²) in [7, 11) is 1.85. The van der Waals surface area contributed by atoms with Crippen LogP contribution in [0.5, 0.6) is 0 Å². The predicted octanol–water partition coefficient (Wildman–Crippen LogP) is 3.11. The zero-order valence-electron chi connectivity index (χ0n) is 11.9. The lowest BCUT2D eigenvalue weighted by molar-refractivity contribution is -0.119. The van der Waals surface area contributed by atoms with E-state index in [0.717, 1.165) is 27.1 Å². The summed E-state index contributed by atoms with van der Waals surface area (Å²) < 4.78 is 16.0. The van der Waals surface area contributed by atoms with Gasteiger partial charge in [-0.3, -0.25) is 9.48 Å². The number of rotatable bonds is 2. The zero-order valence-corrected chi connectivity index (χ0v) is 13.4. The molecule has 0 atom stereocenters. The van der Waals surface area contributed by atoms with E-state index >= 15 is 0 Å². The van der Waals surface area contributed by atoms with E-state index in [1.807, 2.05) is 14.0 Å². The van der Waals surface area contributed by atoms with Crippen LogP contribution in [-0.2, 0) is 24.8 Å². The van der Waals surface area contributed by atoms with Gasteiger partial charge in [0.1, 0.15) is 5.82 Å². The summed E-state index contributed by atoms with van der Waals surface area (Å²) in [5.74, 6) is -0.208. The van der Waals surface area contributed by atoms with Gasteiger partial charge in [0.05, 0.1) is 22.4 Å². The molecule has 0 saturated carbocycles. The van der Waals surface area contributed by atoms with Gasteiger partial charge in [-0.05, 0) is 53.0 Å². The fourth-order valence-electron chi connectivity index (χ4n) is 2.70. The Labute approximate surface area is 130 Å². The minimum Gasteiger partial charge on any atom is -0.306 e. The molecule has 0 aliphatic carbocycles. The molecule has 0 N–H and O–H groups in total. The third-order valence-electron chi connectivity index (χ3n) is 3.81. The van der Waals surface area contributed by atoms with Crippen LogP contribution >= 0.6 is 15.9 Å². The fourth-order valence-corrected chi connectivity index (χ4v) is 3.16. The topological polar surface area (TPSA) is 38.1 Å². The maximum Gasteiger partial charge on any atom is 0.227 e. The molecular formula is C15H15BrFN3O. The first kappa shape index (κ1) is 14.3. The van der Waals surface area contributed by atoms with Crippen molar-refractivity contribution in [1.29, 1.82) is 0 Å². The van der Waals surface area contributed by atoms with Crippen molar-refractivity contribution in [3.05, 3.63) is 45.4 Å². The number of hydrogen-bond acceptors (Lipinski definition) is 2. The second kappa shape index (κ2) is 5.26. The number of aromatic nitrogens is 2. The Morgan fingerprint density at radius 1 is 1.38 bits per heavy atom. The summed E-state index contributed by atoms with van der Waals surface area (Å²) in [5.41, 5.74) is 3.48. The van der Waals surface area contributed by atoms with Crippen molar-refractivity contribution in [1.82, 2.24) is 9.78 Å². The lowest BCUT2D eigenvalue weighted by Crippen LogP contribution is -2.35. The maximum absolute atomic E-state index is 13.4. The Morgan fingerprint density at radius 2 is 2.14 bits per heavy atom. The minimum absolute atomic E-state index is 0.0554. The number of halogens is 2. The summed E-state index contributed by atoms with van der Waals surface area (Å²) in [4.78, 5) is 14.0. The first-order valence-corrected chi connectivity index (χ1v) is 7.53. The van der Waals surface area contributed by atoms with Gasteiger partial charge in [0.15, 0.2) is 0 Å². The number of hydrogen-bond donors (Lipinski definition) is 0. The van der Waals surface area contributed by atoms with Crippen LogP contribution in [0.1, 0.15) is 23.4 Å². The minimum atomic E-state index is -0.263. The highest BCUT2D eigenvalue weighted by atomic mass is 79.9. The second-order valence-electron chi connectivity index (χ2n) is 5.22. The Balaban J connectivity index is 2.01. The lowest BCUT2D eigenvalue weighted by Gasteiger charge is -2.29. The van der Waals surface area contributed by atoms with Crippen molar-refractivity contribution in [2.75, 3.05) is 4.90 Å². The Bertz CT molecular complexity index is 726. The van der Waals surface area contributed by atoms with E-state index in [4.69, 9.17) is 0 Å². The van der Waals surface area contributed by atoms with Crippen LogP contribution in [0, 0.1) is 12.7 Å². The molecule has 1 amide bonds. The van der Waals surface area contributed by atoms with Gasteiger partial charge < -0.3 is 4.90 Å². The van der Waals surface area contributed by atoms with Crippen LogP contribution in [-0.4, -0.2) is 15.7 Å². The highest BCUT2D eigenvalue weighted by Crippen LogP contribution is 2.31. The van der Waals surface area contributed by atoms with Crippen molar-refractivity contribution in [3.63, 3.8) is 0 Å². The average molecular weight is 352 g/mol. The Hall–Kier alpha value is -1.69. The van der Waals surface area contributed by atoms with E-state index in [2.05, 4.69) is 21.0 Å². The normalized spacial score (nSPS) is 14.5. The lowest BCUT2D eigenvalue weighted by atomic mass is 10.0. The van der Waals surface area contributed by atoms with Gasteiger partial charge in [-0.25, -0.2) is 4.39 Å². The van der Waals surface area contributed by atoms with Crippen LogP contribution in [0.3, 0.4) is 0 Å². The smallest absolute Gasteiger partial charge is 0.227 e. The standard InChI is InChI=1S/C15H15BrFN3O/c1-9-15(16)13(19(2)18-9)8-20-12-5-4-11(17)7-10(12)3-6-14(20)21/h4-5,7H,3,6,8H2,1-2H3. The monoisotopic (exact) mass is 351 g/mol. The van der Waals surface area contributed by atoms with Crippen molar-refractivity contribution in [2.45, 2.75) is 26.3 Å². The molecule has 2 heterocycles. The van der Waals surface area contributed by atoms with Crippen molar-refractivity contribution in [2.24, 2.45) is 7.05 Å². The number of carbonyl (C=O) groups excluding carboxylic acids is 1. The van der Waals surface area contributed by atoms with E-state index in [1.165, 1.54) is 12.1 Å². The average Bonchev–Trinajstić information content (AvgIpc) is 2.68. The number of benzene rings is 1. The van der Waals surface area contributed by atoms with Crippen molar-refractivity contribution >= 4 is 27.5 Å². The molecule has 0 spiro atoms. The summed E-state index contributed by atoms with van der Waals surface area (Å²) in [6.45, 7) is 2.34. The number of amides is 1. The van der Waals surface area contributed by atoms with Gasteiger partial charge in [-0.2, -0.15) is 5.10 Å². The second-order valence-corrected chi connectivity index (χ2v) is 6.02. The molecule has 0 radical (unpaired) electrons. The first-order chi connectivity index (χ1) is 9.97. The molecule has 21 heavy (non-hydrogen) atoms. The van der Waals surface area contributed by atoms with Gasteiger partial charge in [-0.1, -0.05) is 0 Å². The van der Waals surface area contributed by atoms with Gasteiger partial charge in [0.25, 0.3) is 0 Å². The van der Waals surface area contributed by atoms with E-state index in [1.54, 1.807) is 15.6 Å². The highest BCUT2D eigenvalue weighted by Gasteiger charge is 2.26. The van der Waals surface area contributed by atoms with E-state index < -0.39 is 0 Å². The summed E-state index contributed by atoms with van der Waals surface area (Å²) in [6.07, 6.45) is 0.999. The Morgan fingerprint density at radius 3 is 2.81 bits per heavy atom. The summed E-state index contributed by atoms with van der Waals surface area (Å²) in [5, 5.41) is 4.34. The quantitative estimate of drug-likeness (QED) is 0.833. The molecule has 0 unspecified atom stereocenters. The van der Waals surface area contributed by atoms with E-state index in [9.17, 15) is 9.18 Å². The van der Waals surface area contributed by atoms with Crippen LogP contribution in [0.2, 0.25) is 0 Å². The molecule has 0 saturated heterocycles. The largest absolute Gasteiger partial charge is 0.306 e. The van der Waals surface area contributed by atoms with E-state index in [0.29, 0.717) is 19.4 Å². The molecule has 110 valence electrons. The molecule has 0 fully saturated rings. The number of nitrogens with zero attached hydrogens (tertiary/aromatic N) is 3. The van der Waals surface area contributed by atoms with Crippen LogP contribution in [0.4, 0.5) is 10.1 Å². The summed E-state index contributed by atoms with van der Waals surface area (Å²) >= 11 is 3.52. The number of anilines is 1. The third kappa shape index (κ3) is 2.48. The van der Waals surface area contributed by atoms with Crippen LogP contribution in [0.25, 0.3) is 0 Å². The molecule has 4 nitrogen and oxygen atoms in total. The van der Waals surface area contributed by atoms with E-state index in [-0.39, 0.29) is 11.7 Å². The zero-order chi connectivity index (χ0) is 15.1. The predicted molar refractivity (Wildman–Crippen MR) is 81.6 cm³/mol. The van der Waals surface area contributed by atoms with Crippen molar-refractivity contribution in [3.8, 4) is 0 Å². The first-order valence-electron chi connectivity index (χ1n) is 6.74. The molecule has 1 aromatic carbocycles. The van der Waals surface area contributed by atoms with Crippen LogP contribution < -0.4 is 4.90 Å². The molecule has 0 bridgehead atoms. The fraction of sp³-hybridized carbons (Fsp3) is 0.333. The van der Waals surface area contributed by atoms with Gasteiger partial charge in [0, 0.05) is 19.2 Å². The third-order valence-corrected chi connectivity index (χ3v) is 4.84. The highest BCUT2D eigenvalue weighted by molar-refractivity contribution is 9.10. The number of carbonyl (C=O) groups is 1.